The van der Waals surface area contributed by atoms with E-state index in [-0.39, 0.29) is 29.7 Å². The molecule has 1 atom stereocenters. The van der Waals surface area contributed by atoms with E-state index in [1.54, 1.807) is 13.0 Å². The number of halogens is 2. The first kappa shape index (κ1) is 33.9. The molecular formula is C30H49F2NO3. The zero-order valence-corrected chi connectivity index (χ0v) is 23.9. The van der Waals surface area contributed by atoms with Crippen LogP contribution < -0.4 is 0 Å². The summed E-state index contributed by atoms with van der Waals surface area (Å²) in [5.74, 6) is -2.92. The molecule has 0 rings (SSSR count). The van der Waals surface area contributed by atoms with Gasteiger partial charge in [-0.1, -0.05) is 46.8 Å². The maximum atomic E-state index is 14.1. The van der Waals surface area contributed by atoms with Gasteiger partial charge in [0.25, 0.3) is 5.92 Å². The first-order chi connectivity index (χ1) is 16.8. The zero-order valence-electron chi connectivity index (χ0n) is 23.9. The van der Waals surface area contributed by atoms with E-state index >= 15 is 0 Å². The molecule has 0 aromatic rings. The van der Waals surface area contributed by atoms with Crippen molar-refractivity contribution in [3.8, 4) is 0 Å². The van der Waals surface area contributed by atoms with Crippen molar-refractivity contribution in [3.63, 3.8) is 0 Å². The molecule has 0 aromatic carbocycles. The third-order valence-electron chi connectivity index (χ3n) is 6.61. The monoisotopic (exact) mass is 509 g/mol. The molecule has 0 aliphatic heterocycles. The van der Waals surface area contributed by atoms with Crippen molar-refractivity contribution in [3.05, 3.63) is 46.7 Å². The van der Waals surface area contributed by atoms with Crippen molar-refractivity contribution in [2.24, 2.45) is 5.92 Å². The summed E-state index contributed by atoms with van der Waals surface area (Å²) in [7, 11) is 1.96. The fourth-order valence-electron chi connectivity index (χ4n) is 3.76. The minimum atomic E-state index is -2.95. The maximum Gasteiger partial charge on any atom is 0.270 e. The average Bonchev–Trinajstić information content (AvgIpc) is 2.82. The fourth-order valence-corrected chi connectivity index (χ4v) is 3.76. The van der Waals surface area contributed by atoms with E-state index in [4.69, 9.17) is 4.74 Å². The highest BCUT2D eigenvalue weighted by atomic mass is 19.3. The van der Waals surface area contributed by atoms with Gasteiger partial charge in [-0.2, -0.15) is 0 Å². The number of carbonyl (C=O) groups excluding carboxylic acids is 2. The van der Waals surface area contributed by atoms with Gasteiger partial charge in [0.05, 0.1) is 6.61 Å². The highest BCUT2D eigenvalue weighted by molar-refractivity contribution is 6.05. The lowest BCUT2D eigenvalue weighted by Gasteiger charge is -2.27. The Labute approximate surface area is 218 Å². The van der Waals surface area contributed by atoms with Crippen LogP contribution >= 0.6 is 0 Å². The summed E-state index contributed by atoms with van der Waals surface area (Å²) in [5.41, 5.74) is 2.32. The van der Waals surface area contributed by atoms with Crippen molar-refractivity contribution < 1.29 is 23.1 Å². The minimum absolute atomic E-state index is 0.0360. The van der Waals surface area contributed by atoms with Gasteiger partial charge in [-0.15, -0.1) is 0 Å². The molecule has 0 aliphatic rings. The van der Waals surface area contributed by atoms with Gasteiger partial charge in [-0.3, -0.25) is 9.59 Å². The highest BCUT2D eigenvalue weighted by Crippen LogP contribution is 2.31. The molecular weight excluding hydrogens is 460 g/mol. The molecule has 0 aromatic heterocycles. The van der Waals surface area contributed by atoms with Crippen LogP contribution in [0, 0.1) is 5.92 Å². The van der Waals surface area contributed by atoms with Gasteiger partial charge in [-0.25, -0.2) is 8.78 Å². The molecule has 0 aliphatic carbocycles. The number of ether oxygens (including phenoxy) is 1. The number of nitrogens with zero attached hydrogens (tertiary/aromatic N) is 1. The summed E-state index contributed by atoms with van der Waals surface area (Å²) in [6.45, 7) is 17.4. The van der Waals surface area contributed by atoms with Crippen molar-refractivity contribution in [2.45, 2.75) is 99.3 Å². The van der Waals surface area contributed by atoms with E-state index in [1.165, 1.54) is 13.0 Å². The molecule has 0 saturated carbocycles. The Morgan fingerprint density at radius 3 is 2.22 bits per heavy atom. The average molecular weight is 510 g/mol. The quantitative estimate of drug-likeness (QED) is 0.101. The van der Waals surface area contributed by atoms with Gasteiger partial charge in [0.2, 0.25) is 0 Å². The summed E-state index contributed by atoms with van der Waals surface area (Å²) in [6.07, 6.45) is 8.34. The Morgan fingerprint density at radius 1 is 1.08 bits per heavy atom. The van der Waals surface area contributed by atoms with Gasteiger partial charge in [-0.05, 0) is 63.5 Å². The van der Waals surface area contributed by atoms with Gasteiger partial charge < -0.3 is 9.64 Å². The summed E-state index contributed by atoms with van der Waals surface area (Å²) >= 11 is 0. The van der Waals surface area contributed by atoms with Gasteiger partial charge in [0, 0.05) is 56.0 Å². The van der Waals surface area contributed by atoms with E-state index in [0.717, 1.165) is 38.3 Å². The first-order valence-electron chi connectivity index (χ1n) is 13.3. The number of ketones is 2. The largest absolute Gasteiger partial charge is 0.378 e. The second-order valence-corrected chi connectivity index (χ2v) is 9.69. The topological polar surface area (TPSA) is 46.6 Å². The summed E-state index contributed by atoms with van der Waals surface area (Å²) in [6, 6.07) is 0. The number of carbonyl (C=O) groups is 2. The smallest absolute Gasteiger partial charge is 0.270 e. The molecule has 4 nitrogen and oxygen atoms in total. The van der Waals surface area contributed by atoms with Crippen LogP contribution in [0.3, 0.4) is 0 Å². The summed E-state index contributed by atoms with van der Waals surface area (Å²) in [5, 5.41) is 0. The lowest BCUT2D eigenvalue weighted by molar-refractivity contribution is -0.118. The second kappa shape index (κ2) is 17.4. The predicted molar refractivity (Wildman–Crippen MR) is 146 cm³/mol. The van der Waals surface area contributed by atoms with Gasteiger partial charge in [0.1, 0.15) is 0 Å². The lowest BCUT2D eigenvalue weighted by Crippen LogP contribution is -2.24. The van der Waals surface area contributed by atoms with Crippen LogP contribution in [0.1, 0.15) is 93.4 Å². The Morgan fingerprint density at radius 2 is 1.72 bits per heavy atom. The predicted octanol–water partition coefficient (Wildman–Crippen LogP) is 7.86. The van der Waals surface area contributed by atoms with Crippen molar-refractivity contribution in [2.75, 3.05) is 26.8 Å². The Bertz CT molecular complexity index is 819. The highest BCUT2D eigenvalue weighted by Gasteiger charge is 2.28. The summed E-state index contributed by atoms with van der Waals surface area (Å²) < 4.78 is 33.9. The Balaban J connectivity index is 5.33. The number of alkyl halides is 2. The number of unbranched alkanes of at least 4 members (excludes halogenated alkanes) is 2. The van der Waals surface area contributed by atoms with Crippen LogP contribution in [-0.2, 0) is 14.3 Å². The van der Waals surface area contributed by atoms with Crippen molar-refractivity contribution >= 4 is 11.6 Å². The molecule has 0 amide bonds. The molecule has 0 N–H and O–H groups in total. The molecule has 0 bridgehead atoms. The van der Waals surface area contributed by atoms with Gasteiger partial charge >= 0.3 is 0 Å². The lowest BCUT2D eigenvalue weighted by atomic mass is 9.97. The van der Waals surface area contributed by atoms with Crippen LogP contribution in [0.4, 0.5) is 8.78 Å². The minimum Gasteiger partial charge on any atom is -0.378 e. The molecule has 0 heterocycles. The van der Waals surface area contributed by atoms with E-state index in [0.29, 0.717) is 49.1 Å². The van der Waals surface area contributed by atoms with Crippen molar-refractivity contribution in [1.29, 1.82) is 0 Å². The normalized spacial score (nSPS) is 14.4. The van der Waals surface area contributed by atoms with Crippen LogP contribution in [0.15, 0.2) is 46.7 Å². The standard InChI is InChI=1S/C30H49F2NO3/c1-10-13-20-36-21-26(24(6)25(7)34)29(35)16-14-15-19-33(9)28(23(5)12-3)18-17-27(22(4)11-2)30(8,31)32/h17-18,23H,4,10-16,19-21H2,1-3,5-9H3/b26-24-,27-17+,28-18+. The molecule has 6 heteroatoms. The molecule has 0 saturated heterocycles. The first-order valence-corrected chi connectivity index (χ1v) is 13.3. The van der Waals surface area contributed by atoms with E-state index < -0.39 is 5.92 Å². The fraction of sp³-hybridized carbons (Fsp3) is 0.667. The van der Waals surface area contributed by atoms with E-state index in [2.05, 4.69) is 32.3 Å². The third-order valence-corrected chi connectivity index (χ3v) is 6.61. The van der Waals surface area contributed by atoms with Crippen LogP contribution in [0.2, 0.25) is 0 Å². The maximum absolute atomic E-state index is 14.1. The molecule has 1 unspecified atom stereocenters. The van der Waals surface area contributed by atoms with Crippen LogP contribution in [0.25, 0.3) is 0 Å². The molecule has 0 radical (unpaired) electrons. The number of hydrogen-bond acceptors (Lipinski definition) is 4. The number of rotatable bonds is 19. The number of allylic oxidation sites excluding steroid dienone is 6. The Kier molecular flexibility index (Phi) is 16.4. The van der Waals surface area contributed by atoms with Crippen LogP contribution in [-0.4, -0.2) is 49.2 Å². The van der Waals surface area contributed by atoms with Crippen molar-refractivity contribution in [1.82, 2.24) is 4.90 Å². The molecule has 0 spiro atoms. The zero-order chi connectivity index (χ0) is 27.9. The summed E-state index contributed by atoms with van der Waals surface area (Å²) in [4.78, 5) is 26.8. The second-order valence-electron chi connectivity index (χ2n) is 9.69. The van der Waals surface area contributed by atoms with E-state index in [1.807, 2.05) is 14.0 Å². The number of hydrogen-bond donors (Lipinski definition) is 0. The molecule has 206 valence electrons. The van der Waals surface area contributed by atoms with Crippen LogP contribution in [0.5, 0.6) is 0 Å². The molecule has 36 heavy (non-hydrogen) atoms. The third kappa shape index (κ3) is 12.2. The van der Waals surface area contributed by atoms with E-state index in [9.17, 15) is 18.4 Å². The Hall–Kier alpha value is -2.08. The molecule has 0 fully saturated rings. The SMILES string of the molecule is C=C(CC)/C(=C\C=C(/C(C)CC)N(C)CCCCC(=O)/C(COCCCC)=C(/C)C(C)=O)C(C)(F)F. The number of Topliss-reactive ketones (excluding diaryl/α,β-unsaturated/α-hetero) is 2. The van der Waals surface area contributed by atoms with Gasteiger partial charge in [0.15, 0.2) is 11.6 Å².